The number of hydrogen-bond donors (Lipinski definition) is 1. The molecule has 0 radical (unpaired) electrons. The molecule has 2 unspecified atom stereocenters. The van der Waals surface area contributed by atoms with Crippen LogP contribution in [0.25, 0.3) is 0 Å². The van der Waals surface area contributed by atoms with Crippen LogP contribution in [0.3, 0.4) is 0 Å². The van der Waals surface area contributed by atoms with Crippen molar-refractivity contribution >= 4 is 11.6 Å². The lowest BCUT2D eigenvalue weighted by Gasteiger charge is -2.22. The van der Waals surface area contributed by atoms with Gasteiger partial charge in [-0.25, -0.2) is 0 Å². The Hall–Kier alpha value is -0.300. The lowest BCUT2D eigenvalue weighted by molar-refractivity contribution is 0.162. The maximum atomic E-state index is 8.95. The molecule has 1 saturated heterocycles. The largest absolute Gasteiger partial charge is 0.395 e. The van der Waals surface area contributed by atoms with Crippen LogP contribution in [0.15, 0.2) is 0 Å². The molecule has 1 aliphatic rings. The van der Waals surface area contributed by atoms with Gasteiger partial charge in [0.05, 0.1) is 12.7 Å². The van der Waals surface area contributed by atoms with Crippen molar-refractivity contribution in [2.45, 2.75) is 24.3 Å². The van der Waals surface area contributed by atoms with E-state index in [-0.39, 0.29) is 12.6 Å². The molecule has 1 N–H and O–H groups in total. The second-order valence-corrected chi connectivity index (χ2v) is 3.60. The maximum Gasteiger partial charge on any atom is 0.133 e. The van der Waals surface area contributed by atoms with Gasteiger partial charge in [-0.3, -0.25) is 4.90 Å². The minimum atomic E-state index is -0.447. The third kappa shape index (κ3) is 2.34. The van der Waals surface area contributed by atoms with Gasteiger partial charge in [0.15, 0.2) is 0 Å². The monoisotopic (exact) mass is 188 g/mol. The smallest absolute Gasteiger partial charge is 0.133 e. The number of aliphatic hydroxyl groups is 1. The van der Waals surface area contributed by atoms with E-state index in [1.807, 2.05) is 6.07 Å². The second-order valence-electron chi connectivity index (χ2n) is 3.07. The third-order valence-electron chi connectivity index (χ3n) is 2.24. The van der Waals surface area contributed by atoms with Gasteiger partial charge < -0.3 is 5.11 Å². The van der Waals surface area contributed by atoms with E-state index in [1.54, 1.807) is 0 Å². The molecule has 0 spiro atoms. The highest BCUT2D eigenvalue weighted by molar-refractivity contribution is 6.22. The Bertz CT molecular complexity index is 180. The molecule has 4 heteroatoms. The van der Waals surface area contributed by atoms with Crippen molar-refractivity contribution in [2.24, 2.45) is 0 Å². The number of rotatable bonds is 3. The lowest BCUT2D eigenvalue weighted by atomic mass is 10.2. The summed E-state index contributed by atoms with van der Waals surface area (Å²) < 4.78 is 0. The molecule has 2 atom stereocenters. The number of nitriles is 1. The van der Waals surface area contributed by atoms with E-state index in [1.165, 1.54) is 0 Å². The minimum absolute atomic E-state index is 0.176. The number of alkyl halides is 1. The van der Waals surface area contributed by atoms with Gasteiger partial charge in [0.1, 0.15) is 5.38 Å². The average molecular weight is 189 g/mol. The van der Waals surface area contributed by atoms with Crippen LogP contribution in [0, 0.1) is 11.3 Å². The molecule has 1 heterocycles. The molecular formula is C8H13ClN2O. The van der Waals surface area contributed by atoms with E-state index < -0.39 is 5.38 Å². The van der Waals surface area contributed by atoms with E-state index in [9.17, 15) is 0 Å². The predicted molar refractivity (Wildman–Crippen MR) is 46.9 cm³/mol. The van der Waals surface area contributed by atoms with Crippen LogP contribution in [0.4, 0.5) is 0 Å². The summed E-state index contributed by atoms with van der Waals surface area (Å²) in [6, 6.07) is 2.20. The number of nitrogens with zero attached hydrogens (tertiary/aromatic N) is 2. The maximum absolute atomic E-state index is 8.95. The summed E-state index contributed by atoms with van der Waals surface area (Å²) in [5, 5.41) is 17.0. The summed E-state index contributed by atoms with van der Waals surface area (Å²) in [7, 11) is 0. The van der Waals surface area contributed by atoms with Crippen molar-refractivity contribution < 1.29 is 5.11 Å². The van der Waals surface area contributed by atoms with Crippen molar-refractivity contribution in [3.05, 3.63) is 0 Å². The zero-order chi connectivity index (χ0) is 8.97. The first-order chi connectivity index (χ1) is 5.77. The van der Waals surface area contributed by atoms with Crippen LogP contribution >= 0.6 is 11.6 Å². The fourth-order valence-corrected chi connectivity index (χ4v) is 1.77. The molecule has 0 aromatic rings. The molecule has 1 rings (SSSR count). The Morgan fingerprint density at radius 3 is 3.08 bits per heavy atom. The Labute approximate surface area is 77.5 Å². The predicted octanol–water partition coefficient (Wildman–Crippen LogP) is 0.574. The standard InChI is InChI=1S/C8H13ClN2O/c9-7(4-10)5-11-3-1-2-8(11)6-12/h7-8,12H,1-3,5-6H2. The molecule has 0 amide bonds. The quantitative estimate of drug-likeness (QED) is 0.659. The lowest BCUT2D eigenvalue weighted by Crippen LogP contribution is -2.36. The van der Waals surface area contributed by atoms with Gasteiger partial charge in [-0.15, -0.1) is 11.6 Å². The molecule has 1 fully saturated rings. The first-order valence-electron chi connectivity index (χ1n) is 4.16. The molecule has 68 valence electrons. The first kappa shape index (κ1) is 9.79. The van der Waals surface area contributed by atoms with Crippen LogP contribution in [0.2, 0.25) is 0 Å². The molecule has 0 saturated carbocycles. The van der Waals surface area contributed by atoms with Crippen LogP contribution in [0.5, 0.6) is 0 Å². The molecule has 0 bridgehead atoms. The van der Waals surface area contributed by atoms with Crippen LogP contribution in [0.1, 0.15) is 12.8 Å². The van der Waals surface area contributed by atoms with E-state index >= 15 is 0 Å². The Balaban J connectivity index is 2.36. The van der Waals surface area contributed by atoms with Crippen LogP contribution in [-0.4, -0.2) is 41.1 Å². The number of halogens is 1. The zero-order valence-corrected chi connectivity index (χ0v) is 7.67. The average Bonchev–Trinajstić information content (AvgIpc) is 2.51. The summed E-state index contributed by atoms with van der Waals surface area (Å²) in [4.78, 5) is 2.08. The highest BCUT2D eigenvalue weighted by Gasteiger charge is 2.25. The van der Waals surface area contributed by atoms with Gasteiger partial charge in [0.25, 0.3) is 0 Å². The highest BCUT2D eigenvalue weighted by Crippen LogP contribution is 2.17. The summed E-state index contributed by atoms with van der Waals surface area (Å²) in [5.41, 5.74) is 0. The fraction of sp³-hybridized carbons (Fsp3) is 0.875. The summed E-state index contributed by atoms with van der Waals surface area (Å²) in [6.45, 7) is 1.70. The van der Waals surface area contributed by atoms with E-state index in [0.29, 0.717) is 6.54 Å². The van der Waals surface area contributed by atoms with Crippen molar-refractivity contribution in [1.82, 2.24) is 4.90 Å². The van der Waals surface area contributed by atoms with E-state index in [0.717, 1.165) is 19.4 Å². The topological polar surface area (TPSA) is 47.3 Å². The fourth-order valence-electron chi connectivity index (χ4n) is 1.59. The molecule has 1 aliphatic heterocycles. The third-order valence-corrected chi connectivity index (χ3v) is 2.48. The summed E-state index contributed by atoms with van der Waals surface area (Å²) in [6.07, 6.45) is 2.12. The molecule has 3 nitrogen and oxygen atoms in total. The van der Waals surface area contributed by atoms with Gasteiger partial charge >= 0.3 is 0 Å². The van der Waals surface area contributed by atoms with E-state index in [2.05, 4.69) is 4.90 Å². The first-order valence-corrected chi connectivity index (χ1v) is 4.60. The normalized spacial score (nSPS) is 26.9. The highest BCUT2D eigenvalue weighted by atomic mass is 35.5. The minimum Gasteiger partial charge on any atom is -0.395 e. The Morgan fingerprint density at radius 2 is 2.50 bits per heavy atom. The van der Waals surface area contributed by atoms with Crippen molar-refractivity contribution in [3.63, 3.8) is 0 Å². The molecular weight excluding hydrogens is 176 g/mol. The van der Waals surface area contributed by atoms with Gasteiger partial charge in [-0.1, -0.05) is 0 Å². The molecule has 0 aromatic heterocycles. The number of likely N-dealkylation sites (tertiary alicyclic amines) is 1. The molecule has 12 heavy (non-hydrogen) atoms. The molecule has 0 aliphatic carbocycles. The van der Waals surface area contributed by atoms with Gasteiger partial charge in [0, 0.05) is 12.6 Å². The Morgan fingerprint density at radius 1 is 1.75 bits per heavy atom. The summed E-state index contributed by atoms with van der Waals surface area (Å²) >= 11 is 5.68. The van der Waals surface area contributed by atoms with Crippen molar-refractivity contribution in [2.75, 3.05) is 19.7 Å². The Kier molecular flexibility index (Phi) is 3.80. The molecule has 0 aromatic carbocycles. The van der Waals surface area contributed by atoms with E-state index in [4.69, 9.17) is 22.0 Å². The van der Waals surface area contributed by atoms with Crippen LogP contribution < -0.4 is 0 Å². The van der Waals surface area contributed by atoms with Gasteiger partial charge in [-0.05, 0) is 19.4 Å². The van der Waals surface area contributed by atoms with Crippen molar-refractivity contribution in [1.29, 1.82) is 5.26 Å². The van der Waals surface area contributed by atoms with Crippen molar-refractivity contribution in [3.8, 4) is 6.07 Å². The zero-order valence-electron chi connectivity index (χ0n) is 6.91. The van der Waals surface area contributed by atoms with Crippen LogP contribution in [-0.2, 0) is 0 Å². The number of aliphatic hydroxyl groups excluding tert-OH is 1. The SMILES string of the molecule is N#CC(Cl)CN1CCCC1CO. The van der Waals surface area contributed by atoms with Gasteiger partial charge in [-0.2, -0.15) is 5.26 Å². The second kappa shape index (κ2) is 4.66. The van der Waals surface area contributed by atoms with Gasteiger partial charge in [0.2, 0.25) is 0 Å². The summed E-state index contributed by atoms with van der Waals surface area (Å²) in [5.74, 6) is 0. The number of hydrogen-bond acceptors (Lipinski definition) is 3.